The molecule has 0 radical (unpaired) electrons. The van der Waals surface area contributed by atoms with E-state index in [1.807, 2.05) is 0 Å². The van der Waals surface area contributed by atoms with E-state index in [9.17, 15) is 4.79 Å². The Morgan fingerprint density at radius 3 is 2.32 bits per heavy atom. The Hall–Kier alpha value is -0.830. The second-order valence-corrected chi connectivity index (χ2v) is 14.8. The maximum absolute atomic E-state index is 13.4. The summed E-state index contributed by atoms with van der Waals surface area (Å²) in [6.45, 7) is 17.6. The van der Waals surface area contributed by atoms with Crippen molar-refractivity contribution in [3.05, 3.63) is 11.6 Å². The first-order valence-electron chi connectivity index (χ1n) is 14.3. The number of nitrogens with two attached hydrogens (primary N) is 1. The summed E-state index contributed by atoms with van der Waals surface area (Å²) < 4.78 is 5.52. The first-order chi connectivity index (χ1) is 15.8. The molecule has 5 aliphatic rings. The average molecular weight is 470 g/mol. The Kier molecular flexibility index (Phi) is 5.55. The number of hydrogen-bond acceptors (Lipinski definition) is 3. The minimum atomic E-state index is -0.310. The normalized spacial score (nSPS) is 54.0. The lowest BCUT2D eigenvalue weighted by Gasteiger charge is -2.71. The molecule has 192 valence electrons. The van der Waals surface area contributed by atoms with Crippen molar-refractivity contribution in [3.8, 4) is 0 Å². The van der Waals surface area contributed by atoms with Crippen molar-refractivity contribution in [1.82, 2.24) is 0 Å². The monoisotopic (exact) mass is 469 g/mol. The fourth-order valence-electron chi connectivity index (χ4n) is 11.1. The standard InChI is InChI=1S/C31H51NO2/c1-19-11-16-31(26(33)34-8)18-17-29(6)21(25(31)20(19)2)9-10-23-28(5)14-13-24(32)27(3,4)22(28)12-15-30(23,29)7/h9,19-20,22-25H,10-18,32H2,1-8H3/t19-,20+,22+,23-,24-,25+,28+,29-,30-,31+/m1/s1. The van der Waals surface area contributed by atoms with Gasteiger partial charge in [-0.3, -0.25) is 4.79 Å². The van der Waals surface area contributed by atoms with Crippen LogP contribution >= 0.6 is 0 Å². The van der Waals surface area contributed by atoms with Gasteiger partial charge in [-0.25, -0.2) is 0 Å². The van der Waals surface area contributed by atoms with Gasteiger partial charge < -0.3 is 10.5 Å². The molecule has 4 saturated carbocycles. The zero-order valence-electron chi connectivity index (χ0n) is 23.3. The number of fused-ring (bicyclic) bond motifs is 7. The summed E-state index contributed by atoms with van der Waals surface area (Å²) in [4.78, 5) is 13.4. The smallest absolute Gasteiger partial charge is 0.312 e. The zero-order valence-corrected chi connectivity index (χ0v) is 23.3. The van der Waals surface area contributed by atoms with E-state index < -0.39 is 0 Å². The molecule has 3 nitrogen and oxygen atoms in total. The lowest BCUT2D eigenvalue weighted by atomic mass is 9.33. The molecule has 0 aliphatic heterocycles. The molecule has 2 N–H and O–H groups in total. The fraction of sp³-hybridized carbons (Fsp3) is 0.903. The number of methoxy groups -OCH3 is 1. The van der Waals surface area contributed by atoms with Gasteiger partial charge in [0, 0.05) is 6.04 Å². The van der Waals surface area contributed by atoms with Gasteiger partial charge in [0.05, 0.1) is 12.5 Å². The number of hydrogen-bond donors (Lipinski definition) is 1. The van der Waals surface area contributed by atoms with E-state index in [2.05, 4.69) is 54.5 Å². The second-order valence-electron chi connectivity index (χ2n) is 14.8. The van der Waals surface area contributed by atoms with Crippen LogP contribution in [0.25, 0.3) is 0 Å². The van der Waals surface area contributed by atoms with Gasteiger partial charge in [0.15, 0.2) is 0 Å². The average Bonchev–Trinajstić information content (AvgIpc) is 2.79. The Labute approximate surface area is 209 Å². The van der Waals surface area contributed by atoms with Crippen LogP contribution in [0.1, 0.15) is 106 Å². The van der Waals surface area contributed by atoms with Crippen molar-refractivity contribution in [2.45, 2.75) is 112 Å². The molecule has 5 rings (SSSR count). The van der Waals surface area contributed by atoms with Crippen molar-refractivity contribution in [1.29, 1.82) is 0 Å². The number of carbonyl (C=O) groups excluding carboxylic acids is 1. The van der Waals surface area contributed by atoms with Crippen molar-refractivity contribution >= 4 is 5.97 Å². The lowest BCUT2D eigenvalue weighted by Crippen LogP contribution is -2.66. The molecule has 0 saturated heterocycles. The summed E-state index contributed by atoms with van der Waals surface area (Å²) in [5.74, 6) is 2.97. The first kappa shape index (κ1) is 24.8. The molecule has 0 bridgehead atoms. The molecule has 5 aliphatic carbocycles. The zero-order chi connectivity index (χ0) is 24.9. The quantitative estimate of drug-likeness (QED) is 0.328. The molecule has 10 atom stereocenters. The van der Waals surface area contributed by atoms with Gasteiger partial charge in [-0.1, -0.05) is 60.1 Å². The van der Waals surface area contributed by atoms with Gasteiger partial charge in [-0.2, -0.15) is 0 Å². The first-order valence-corrected chi connectivity index (χ1v) is 14.3. The molecule has 0 aromatic carbocycles. The van der Waals surface area contributed by atoms with Crippen molar-refractivity contribution in [2.24, 2.45) is 62.4 Å². The predicted molar refractivity (Wildman–Crippen MR) is 139 cm³/mol. The van der Waals surface area contributed by atoms with Gasteiger partial charge in [0.25, 0.3) is 0 Å². The highest BCUT2D eigenvalue weighted by Crippen LogP contribution is 2.75. The Bertz CT molecular complexity index is 892. The summed E-state index contributed by atoms with van der Waals surface area (Å²) in [7, 11) is 1.61. The van der Waals surface area contributed by atoms with E-state index in [0.29, 0.717) is 41.0 Å². The number of esters is 1. The van der Waals surface area contributed by atoms with Gasteiger partial charge in [-0.05, 0) is 109 Å². The van der Waals surface area contributed by atoms with E-state index in [4.69, 9.17) is 10.5 Å². The summed E-state index contributed by atoms with van der Waals surface area (Å²) in [5, 5.41) is 0. The molecule has 34 heavy (non-hydrogen) atoms. The maximum atomic E-state index is 13.4. The molecule has 0 amide bonds. The van der Waals surface area contributed by atoms with Crippen LogP contribution in [0, 0.1) is 56.7 Å². The van der Waals surface area contributed by atoms with Gasteiger partial charge >= 0.3 is 5.97 Å². The lowest BCUT2D eigenvalue weighted by molar-refractivity contribution is -0.192. The molecular weight excluding hydrogens is 418 g/mol. The van der Waals surface area contributed by atoms with Crippen LogP contribution in [0.2, 0.25) is 0 Å². The molecule has 0 unspecified atom stereocenters. The number of carbonyl (C=O) groups is 1. The topological polar surface area (TPSA) is 52.3 Å². The van der Waals surface area contributed by atoms with E-state index in [1.165, 1.54) is 25.7 Å². The minimum Gasteiger partial charge on any atom is -0.469 e. The van der Waals surface area contributed by atoms with Crippen LogP contribution in [-0.2, 0) is 9.53 Å². The summed E-state index contributed by atoms with van der Waals surface area (Å²) in [6, 6.07) is 0.320. The molecular formula is C31H51NO2. The predicted octanol–water partition coefficient (Wildman–Crippen LogP) is 7.14. The van der Waals surface area contributed by atoms with Crippen molar-refractivity contribution < 1.29 is 9.53 Å². The van der Waals surface area contributed by atoms with Crippen molar-refractivity contribution in [3.63, 3.8) is 0 Å². The minimum absolute atomic E-state index is 0.0603. The van der Waals surface area contributed by atoms with Gasteiger partial charge in [-0.15, -0.1) is 0 Å². The van der Waals surface area contributed by atoms with E-state index in [-0.39, 0.29) is 27.6 Å². The highest BCUT2D eigenvalue weighted by atomic mass is 16.5. The Morgan fingerprint density at radius 2 is 1.65 bits per heavy atom. The van der Waals surface area contributed by atoms with Gasteiger partial charge in [0.2, 0.25) is 0 Å². The molecule has 0 aromatic heterocycles. The molecule has 4 fully saturated rings. The van der Waals surface area contributed by atoms with Crippen LogP contribution < -0.4 is 5.73 Å². The van der Waals surface area contributed by atoms with Crippen LogP contribution in [0.3, 0.4) is 0 Å². The molecule has 3 heteroatoms. The van der Waals surface area contributed by atoms with Crippen LogP contribution in [0.15, 0.2) is 11.6 Å². The summed E-state index contributed by atoms with van der Waals surface area (Å²) in [6.07, 6.45) is 13.1. The maximum Gasteiger partial charge on any atom is 0.312 e. The third-order valence-electron chi connectivity index (χ3n) is 13.7. The van der Waals surface area contributed by atoms with E-state index >= 15 is 0 Å². The Morgan fingerprint density at radius 1 is 0.941 bits per heavy atom. The molecule has 0 spiro atoms. The summed E-state index contributed by atoms with van der Waals surface area (Å²) >= 11 is 0. The molecule has 0 aromatic rings. The largest absolute Gasteiger partial charge is 0.469 e. The number of ether oxygens (including phenoxy) is 1. The SMILES string of the molecule is COC(=O)[C@]12CC[C@@H](C)[C@H](C)[C@H]1C1=CC[C@@H]3[C@@]4(C)CC[C@@H](N)C(C)(C)[C@@H]4CC[C@@]3(C)[C@]1(C)CC2. The van der Waals surface area contributed by atoms with Crippen LogP contribution in [-0.4, -0.2) is 19.1 Å². The molecule has 0 heterocycles. The second kappa shape index (κ2) is 7.59. The third-order valence-corrected chi connectivity index (χ3v) is 13.7. The van der Waals surface area contributed by atoms with E-state index in [1.54, 1.807) is 12.7 Å². The highest BCUT2D eigenvalue weighted by Gasteiger charge is 2.69. The number of rotatable bonds is 1. The third kappa shape index (κ3) is 2.83. The van der Waals surface area contributed by atoms with Crippen LogP contribution in [0.5, 0.6) is 0 Å². The van der Waals surface area contributed by atoms with E-state index in [0.717, 1.165) is 32.1 Å². The summed E-state index contributed by atoms with van der Waals surface area (Å²) in [5.41, 5.74) is 9.04. The van der Waals surface area contributed by atoms with Crippen LogP contribution in [0.4, 0.5) is 0 Å². The fourth-order valence-corrected chi connectivity index (χ4v) is 11.1. The van der Waals surface area contributed by atoms with Crippen molar-refractivity contribution in [2.75, 3.05) is 7.11 Å². The van der Waals surface area contributed by atoms with Gasteiger partial charge in [0.1, 0.15) is 0 Å². The highest BCUT2D eigenvalue weighted by molar-refractivity contribution is 5.78. The Balaban J connectivity index is 1.61. The number of allylic oxidation sites excluding steroid dienone is 2.